The van der Waals surface area contributed by atoms with E-state index >= 15 is 0 Å². The molecular weight excluding hydrogens is 178 g/mol. The zero-order valence-corrected chi connectivity index (χ0v) is 7.73. The number of benzene rings is 1. The summed E-state index contributed by atoms with van der Waals surface area (Å²) in [5.41, 5.74) is 0.561. The molecule has 0 spiro atoms. The van der Waals surface area contributed by atoms with Crippen LogP contribution >= 0.6 is 0 Å². The van der Waals surface area contributed by atoms with Crippen molar-refractivity contribution in [2.24, 2.45) is 0 Å². The highest BCUT2D eigenvalue weighted by atomic mass is 16.5. The Kier molecular flexibility index (Phi) is 2.14. The second-order valence-electron chi connectivity index (χ2n) is 2.93. The van der Waals surface area contributed by atoms with Gasteiger partial charge in [-0.2, -0.15) is 0 Å². The summed E-state index contributed by atoms with van der Waals surface area (Å²) in [6.45, 7) is 0. The number of pyridine rings is 1. The van der Waals surface area contributed by atoms with Crippen LogP contribution in [0, 0.1) is 0 Å². The first-order valence-electron chi connectivity index (χ1n) is 4.22. The Labute approximate surface area is 81.3 Å². The van der Waals surface area contributed by atoms with Crippen molar-refractivity contribution in [2.75, 3.05) is 7.11 Å². The highest BCUT2D eigenvalue weighted by Crippen LogP contribution is 2.23. The van der Waals surface area contributed by atoms with Gasteiger partial charge >= 0.3 is 0 Å². The minimum absolute atomic E-state index is 0.561. The number of carbonyl (C=O) groups excluding carboxylic acids is 1. The van der Waals surface area contributed by atoms with Crippen LogP contribution in [0.3, 0.4) is 0 Å². The lowest BCUT2D eigenvalue weighted by atomic mass is 10.1. The summed E-state index contributed by atoms with van der Waals surface area (Å²) in [7, 11) is 1.55. The van der Waals surface area contributed by atoms with Gasteiger partial charge in [0.1, 0.15) is 5.75 Å². The van der Waals surface area contributed by atoms with Crippen LogP contribution in [0.2, 0.25) is 0 Å². The predicted octanol–water partition coefficient (Wildman–Crippen LogP) is 2.06. The topological polar surface area (TPSA) is 39.2 Å². The molecule has 0 fully saturated rings. The van der Waals surface area contributed by atoms with Crippen LogP contribution in [0.1, 0.15) is 10.4 Å². The second kappa shape index (κ2) is 3.46. The molecule has 1 aromatic heterocycles. The number of rotatable bonds is 2. The standard InChI is InChI=1S/C11H9NO2/c1-14-11-5-9-6-12-3-2-8(9)4-10(11)7-13/h2-7H,1H3. The van der Waals surface area contributed by atoms with Crippen LogP contribution in [-0.2, 0) is 0 Å². The number of hydrogen-bond donors (Lipinski definition) is 0. The van der Waals surface area contributed by atoms with Gasteiger partial charge in [-0.25, -0.2) is 0 Å². The number of ether oxygens (including phenoxy) is 1. The molecule has 0 unspecified atom stereocenters. The Bertz CT molecular complexity index is 480. The van der Waals surface area contributed by atoms with E-state index in [-0.39, 0.29) is 0 Å². The van der Waals surface area contributed by atoms with Gasteiger partial charge in [-0.1, -0.05) is 0 Å². The molecular formula is C11H9NO2. The molecule has 3 nitrogen and oxygen atoms in total. The van der Waals surface area contributed by atoms with Crippen LogP contribution in [0.15, 0.2) is 30.6 Å². The quantitative estimate of drug-likeness (QED) is 0.675. The Morgan fingerprint density at radius 2 is 2.21 bits per heavy atom. The van der Waals surface area contributed by atoms with E-state index < -0.39 is 0 Å². The lowest BCUT2D eigenvalue weighted by molar-refractivity contribution is 0.112. The van der Waals surface area contributed by atoms with Gasteiger partial charge in [-0.05, 0) is 23.6 Å². The van der Waals surface area contributed by atoms with E-state index in [0.29, 0.717) is 11.3 Å². The van der Waals surface area contributed by atoms with Crippen molar-refractivity contribution in [3.63, 3.8) is 0 Å². The third-order valence-electron chi connectivity index (χ3n) is 2.12. The van der Waals surface area contributed by atoms with Crippen molar-refractivity contribution >= 4 is 17.1 Å². The van der Waals surface area contributed by atoms with Crippen LogP contribution in [0.25, 0.3) is 10.8 Å². The first kappa shape index (κ1) is 8.69. The third-order valence-corrected chi connectivity index (χ3v) is 2.12. The van der Waals surface area contributed by atoms with Gasteiger partial charge < -0.3 is 4.74 Å². The third kappa shape index (κ3) is 1.33. The smallest absolute Gasteiger partial charge is 0.153 e. The molecule has 2 aromatic rings. The SMILES string of the molecule is COc1cc2cnccc2cc1C=O. The Morgan fingerprint density at radius 3 is 2.93 bits per heavy atom. The first-order chi connectivity index (χ1) is 6.85. The van der Waals surface area contributed by atoms with Gasteiger partial charge in [0.25, 0.3) is 0 Å². The van der Waals surface area contributed by atoms with Gasteiger partial charge in [-0.15, -0.1) is 0 Å². The Balaban J connectivity index is 2.75. The van der Waals surface area contributed by atoms with Gasteiger partial charge in [0.2, 0.25) is 0 Å². The second-order valence-corrected chi connectivity index (χ2v) is 2.93. The van der Waals surface area contributed by atoms with Crippen molar-refractivity contribution < 1.29 is 9.53 Å². The maximum atomic E-state index is 10.7. The number of nitrogens with zero attached hydrogens (tertiary/aromatic N) is 1. The fourth-order valence-electron chi connectivity index (χ4n) is 1.40. The van der Waals surface area contributed by atoms with Crippen molar-refractivity contribution in [1.82, 2.24) is 4.98 Å². The summed E-state index contributed by atoms with van der Waals surface area (Å²) in [4.78, 5) is 14.7. The lowest BCUT2D eigenvalue weighted by Gasteiger charge is -2.04. The number of hydrogen-bond acceptors (Lipinski definition) is 3. The number of aldehydes is 1. The van der Waals surface area contributed by atoms with E-state index in [4.69, 9.17) is 4.74 Å². The van der Waals surface area contributed by atoms with E-state index in [1.54, 1.807) is 25.6 Å². The minimum atomic E-state index is 0.561. The molecule has 0 saturated carbocycles. The van der Waals surface area contributed by atoms with Crippen molar-refractivity contribution in [1.29, 1.82) is 0 Å². The molecule has 0 amide bonds. The largest absolute Gasteiger partial charge is 0.496 e. The molecule has 1 aromatic carbocycles. The maximum absolute atomic E-state index is 10.7. The van der Waals surface area contributed by atoms with E-state index in [0.717, 1.165) is 17.1 Å². The predicted molar refractivity (Wildman–Crippen MR) is 53.7 cm³/mol. The molecule has 0 atom stereocenters. The molecule has 0 aliphatic rings. The number of methoxy groups -OCH3 is 1. The Hall–Kier alpha value is -1.90. The van der Waals surface area contributed by atoms with E-state index in [2.05, 4.69) is 4.98 Å². The van der Waals surface area contributed by atoms with Gasteiger partial charge in [-0.3, -0.25) is 9.78 Å². The summed E-state index contributed by atoms with van der Waals surface area (Å²) < 4.78 is 5.09. The maximum Gasteiger partial charge on any atom is 0.153 e. The van der Waals surface area contributed by atoms with Crippen LogP contribution in [-0.4, -0.2) is 18.4 Å². The summed E-state index contributed by atoms with van der Waals surface area (Å²) >= 11 is 0. The molecule has 70 valence electrons. The average molecular weight is 187 g/mol. The van der Waals surface area contributed by atoms with Crippen LogP contribution < -0.4 is 4.74 Å². The van der Waals surface area contributed by atoms with Crippen molar-refractivity contribution in [2.45, 2.75) is 0 Å². The molecule has 14 heavy (non-hydrogen) atoms. The van der Waals surface area contributed by atoms with E-state index in [1.165, 1.54) is 0 Å². The van der Waals surface area contributed by atoms with Gasteiger partial charge in [0, 0.05) is 17.8 Å². The number of carbonyl (C=O) groups is 1. The molecule has 0 aliphatic heterocycles. The highest BCUT2D eigenvalue weighted by molar-refractivity contribution is 5.91. The molecule has 3 heteroatoms. The molecule has 0 radical (unpaired) electrons. The molecule has 0 bridgehead atoms. The lowest BCUT2D eigenvalue weighted by Crippen LogP contribution is -1.90. The fraction of sp³-hybridized carbons (Fsp3) is 0.0909. The van der Waals surface area contributed by atoms with Crippen LogP contribution in [0.5, 0.6) is 5.75 Å². The minimum Gasteiger partial charge on any atom is -0.496 e. The van der Waals surface area contributed by atoms with Crippen LogP contribution in [0.4, 0.5) is 0 Å². The molecule has 0 aliphatic carbocycles. The number of aromatic nitrogens is 1. The monoisotopic (exact) mass is 187 g/mol. The molecule has 2 rings (SSSR count). The summed E-state index contributed by atoms with van der Waals surface area (Å²) in [5.74, 6) is 0.584. The molecule has 1 heterocycles. The van der Waals surface area contributed by atoms with Gasteiger partial charge in [0.15, 0.2) is 6.29 Å². The van der Waals surface area contributed by atoms with E-state index in [1.807, 2.05) is 12.1 Å². The summed E-state index contributed by atoms with van der Waals surface area (Å²) in [6.07, 6.45) is 4.23. The van der Waals surface area contributed by atoms with E-state index in [9.17, 15) is 4.79 Å². The first-order valence-corrected chi connectivity index (χ1v) is 4.22. The summed E-state index contributed by atoms with van der Waals surface area (Å²) in [6, 6.07) is 5.47. The van der Waals surface area contributed by atoms with Crippen molar-refractivity contribution in [3.8, 4) is 5.75 Å². The van der Waals surface area contributed by atoms with Gasteiger partial charge in [0.05, 0.1) is 12.7 Å². The van der Waals surface area contributed by atoms with Crippen molar-refractivity contribution in [3.05, 3.63) is 36.2 Å². The molecule has 0 saturated heterocycles. The number of fused-ring (bicyclic) bond motifs is 1. The fourth-order valence-corrected chi connectivity index (χ4v) is 1.40. The zero-order valence-electron chi connectivity index (χ0n) is 7.73. The summed E-state index contributed by atoms with van der Waals surface area (Å²) in [5, 5.41) is 1.96. The molecule has 0 N–H and O–H groups in total. The average Bonchev–Trinajstić information content (AvgIpc) is 2.27. The normalized spacial score (nSPS) is 10.1. The Morgan fingerprint density at radius 1 is 1.36 bits per heavy atom. The highest BCUT2D eigenvalue weighted by Gasteiger charge is 2.03. The zero-order chi connectivity index (χ0) is 9.97.